The summed E-state index contributed by atoms with van der Waals surface area (Å²) in [5.41, 5.74) is 12.1. The number of hydrogen-bond acceptors (Lipinski definition) is 2. The summed E-state index contributed by atoms with van der Waals surface area (Å²) in [6, 6.07) is 82.4. The third-order valence-corrected chi connectivity index (χ3v) is 15.7. The van der Waals surface area contributed by atoms with E-state index >= 15 is 0 Å². The van der Waals surface area contributed by atoms with E-state index in [9.17, 15) is 23.7 Å². The lowest BCUT2D eigenvalue weighted by atomic mass is 9.87. The summed E-state index contributed by atoms with van der Waals surface area (Å²) in [5, 5.41) is 30.8. The molecule has 0 aliphatic heterocycles. The van der Waals surface area contributed by atoms with Gasteiger partial charge in [0.1, 0.15) is 0 Å². The number of nitriles is 2. The maximum atomic E-state index is 14.5. The zero-order chi connectivity index (χ0) is 52.4. The molecule has 4 heterocycles. The molecule has 0 atom stereocenters. The highest BCUT2D eigenvalue weighted by atomic mass is 19.4. The van der Waals surface area contributed by atoms with Crippen molar-refractivity contribution in [3.05, 3.63) is 253 Å². The molecule has 0 saturated heterocycles. The first-order valence-corrected chi connectivity index (χ1v) is 25.6. The molecule has 0 aliphatic carbocycles. The van der Waals surface area contributed by atoms with E-state index in [0.29, 0.717) is 39.2 Å². The second kappa shape index (κ2) is 17.0. The molecule has 78 heavy (non-hydrogen) atoms. The van der Waals surface area contributed by atoms with Crippen LogP contribution in [0.2, 0.25) is 0 Å². The van der Waals surface area contributed by atoms with Gasteiger partial charge in [-0.25, -0.2) is 0 Å². The summed E-state index contributed by atoms with van der Waals surface area (Å²) in [6.45, 7) is 0. The van der Waals surface area contributed by atoms with Crippen LogP contribution in [0.15, 0.2) is 237 Å². The van der Waals surface area contributed by atoms with Crippen molar-refractivity contribution < 1.29 is 13.2 Å². The van der Waals surface area contributed by atoms with Crippen LogP contribution in [0.5, 0.6) is 0 Å². The first-order chi connectivity index (χ1) is 38.3. The maximum absolute atomic E-state index is 14.5. The minimum Gasteiger partial charge on any atom is -0.309 e. The first-order valence-electron chi connectivity index (χ1n) is 25.6. The predicted molar refractivity (Wildman–Crippen MR) is 309 cm³/mol. The van der Waals surface area contributed by atoms with E-state index in [1.54, 1.807) is 6.07 Å². The smallest absolute Gasteiger partial charge is 0.309 e. The van der Waals surface area contributed by atoms with Crippen molar-refractivity contribution in [3.63, 3.8) is 0 Å². The van der Waals surface area contributed by atoms with Crippen molar-refractivity contribution >= 4 is 87.2 Å². The highest BCUT2D eigenvalue weighted by molar-refractivity contribution is 6.21. The van der Waals surface area contributed by atoms with E-state index in [-0.39, 0.29) is 5.56 Å². The Morgan fingerprint density at radius 2 is 0.692 bits per heavy atom. The Morgan fingerprint density at radius 3 is 1.14 bits per heavy atom. The second-order valence-corrected chi connectivity index (χ2v) is 19.7. The van der Waals surface area contributed by atoms with E-state index in [4.69, 9.17) is 0 Å². The lowest BCUT2D eigenvalue weighted by Gasteiger charge is -2.23. The average Bonchev–Trinajstić information content (AvgIpc) is 4.34. The van der Waals surface area contributed by atoms with Crippen LogP contribution in [-0.4, -0.2) is 18.3 Å². The van der Waals surface area contributed by atoms with Gasteiger partial charge in [0.15, 0.2) is 0 Å². The van der Waals surface area contributed by atoms with Crippen LogP contribution in [-0.2, 0) is 6.18 Å². The third kappa shape index (κ3) is 6.49. The molecule has 15 rings (SSSR count). The molecule has 0 radical (unpaired) electrons. The van der Waals surface area contributed by atoms with Crippen LogP contribution in [0.3, 0.4) is 0 Å². The van der Waals surface area contributed by atoms with Gasteiger partial charge in [-0.15, -0.1) is 0 Å². The van der Waals surface area contributed by atoms with Gasteiger partial charge in [-0.05, 0) is 109 Å². The number of benzene rings is 11. The monoisotopic (exact) mass is 1010 g/mol. The number of rotatable bonds is 6. The van der Waals surface area contributed by atoms with E-state index in [0.717, 1.165) is 111 Å². The van der Waals surface area contributed by atoms with Gasteiger partial charge >= 0.3 is 6.18 Å². The van der Waals surface area contributed by atoms with Crippen LogP contribution < -0.4 is 0 Å². The molecule has 0 aliphatic rings. The fourth-order valence-electron chi connectivity index (χ4n) is 12.4. The van der Waals surface area contributed by atoms with Crippen LogP contribution in [0.1, 0.15) is 16.7 Å². The van der Waals surface area contributed by atoms with E-state index in [1.165, 1.54) is 6.07 Å². The van der Waals surface area contributed by atoms with Crippen molar-refractivity contribution in [2.75, 3.05) is 0 Å². The molecular formula is C69H39F3N6. The van der Waals surface area contributed by atoms with Gasteiger partial charge < -0.3 is 18.3 Å². The van der Waals surface area contributed by atoms with E-state index < -0.39 is 11.7 Å². The lowest BCUT2D eigenvalue weighted by molar-refractivity contribution is -0.137. The molecule has 15 aromatic rings. The molecule has 366 valence electrons. The topological polar surface area (TPSA) is 67.3 Å². The normalized spacial score (nSPS) is 12.0. The van der Waals surface area contributed by atoms with E-state index in [1.807, 2.05) is 91.0 Å². The molecule has 0 amide bonds. The number of hydrogen-bond donors (Lipinski definition) is 0. The minimum atomic E-state index is -4.69. The molecular weight excluding hydrogens is 970 g/mol. The summed E-state index contributed by atoms with van der Waals surface area (Å²) >= 11 is 0. The van der Waals surface area contributed by atoms with Gasteiger partial charge in [0.25, 0.3) is 0 Å². The Hall–Kier alpha value is -10.6. The average molecular weight is 1010 g/mol. The second-order valence-electron chi connectivity index (χ2n) is 19.7. The maximum Gasteiger partial charge on any atom is 0.416 e. The summed E-state index contributed by atoms with van der Waals surface area (Å²) in [6.07, 6.45) is -4.69. The van der Waals surface area contributed by atoms with Crippen molar-refractivity contribution in [2.45, 2.75) is 6.18 Å². The van der Waals surface area contributed by atoms with Crippen molar-refractivity contribution in [2.24, 2.45) is 0 Å². The van der Waals surface area contributed by atoms with Gasteiger partial charge in [-0.1, -0.05) is 133 Å². The highest BCUT2D eigenvalue weighted by Gasteiger charge is 2.33. The number of nitrogens with zero attached hydrogens (tertiary/aromatic N) is 6. The highest BCUT2D eigenvalue weighted by Crippen LogP contribution is 2.49. The Morgan fingerprint density at radius 1 is 0.295 bits per heavy atom. The summed E-state index contributed by atoms with van der Waals surface area (Å²) in [5.74, 6) is 0. The van der Waals surface area contributed by atoms with Crippen LogP contribution in [0.25, 0.3) is 132 Å². The molecule has 0 bridgehead atoms. The zero-order valence-electron chi connectivity index (χ0n) is 41.3. The number of halogens is 3. The van der Waals surface area contributed by atoms with Gasteiger partial charge in [0.2, 0.25) is 0 Å². The molecule has 11 aromatic carbocycles. The molecule has 6 nitrogen and oxygen atoms in total. The molecule has 0 fully saturated rings. The standard InChI is InChI=1S/C69H39F3N6/c70-69(71,72)44-33-34-47(43(35-44)41-74)52-26-16-32-62(78-60-30-14-10-25-51(60)56-37-54-49-23-8-12-28-58(49)76(64(54)39-66(56)78)46-20-5-2-6-21-46)68(52)67-42(40-73)17-15-31-61(67)77-59-29-13-9-24-50(59)55-36-53-48-22-7-11-27-57(48)75(63(53)38-65(55)77)45-18-3-1-4-19-45/h1-39H. The Kier molecular flexibility index (Phi) is 9.75. The number of alkyl halides is 3. The molecule has 9 heteroatoms. The van der Waals surface area contributed by atoms with Gasteiger partial charge in [-0.3, -0.25) is 0 Å². The van der Waals surface area contributed by atoms with Crippen molar-refractivity contribution in [1.82, 2.24) is 18.3 Å². The first kappa shape index (κ1) is 44.8. The lowest BCUT2D eigenvalue weighted by Crippen LogP contribution is -2.07. The third-order valence-electron chi connectivity index (χ3n) is 15.7. The predicted octanol–water partition coefficient (Wildman–Crippen LogP) is 18.2. The Labute approximate surface area is 443 Å². The number of fused-ring (bicyclic) bond motifs is 12. The quantitative estimate of drug-likeness (QED) is 0.167. The van der Waals surface area contributed by atoms with Gasteiger partial charge in [0.05, 0.1) is 84.3 Å². The molecule has 0 N–H and O–H groups in total. The van der Waals surface area contributed by atoms with Crippen LogP contribution in [0, 0.1) is 22.7 Å². The largest absolute Gasteiger partial charge is 0.416 e. The fraction of sp³-hybridized carbons (Fsp3) is 0.0145. The van der Waals surface area contributed by atoms with E-state index in [2.05, 4.69) is 152 Å². The SMILES string of the molecule is N#Cc1cc(C(F)(F)F)ccc1-c1cccc(-n2c3ccccc3c3cc4c5ccccc5n(-c5ccccc5)c4cc32)c1-c1c(C#N)cccc1-n1c2ccccc2c2cc3c4ccccc4n(-c4ccccc4)c3cc21. The van der Waals surface area contributed by atoms with Crippen molar-refractivity contribution in [3.8, 4) is 57.1 Å². The van der Waals surface area contributed by atoms with Gasteiger partial charge in [-0.2, -0.15) is 23.7 Å². The molecule has 4 aromatic heterocycles. The fourth-order valence-corrected chi connectivity index (χ4v) is 12.4. The number of aromatic nitrogens is 4. The van der Waals surface area contributed by atoms with Crippen LogP contribution >= 0.6 is 0 Å². The molecule has 0 unspecified atom stereocenters. The van der Waals surface area contributed by atoms with Crippen molar-refractivity contribution in [1.29, 1.82) is 10.5 Å². The molecule has 0 spiro atoms. The molecule has 0 saturated carbocycles. The zero-order valence-corrected chi connectivity index (χ0v) is 41.3. The minimum absolute atomic E-state index is 0.150. The summed E-state index contributed by atoms with van der Waals surface area (Å²) < 4.78 is 52.6. The summed E-state index contributed by atoms with van der Waals surface area (Å²) in [4.78, 5) is 0. The Bertz CT molecular complexity index is 5100. The van der Waals surface area contributed by atoms with Gasteiger partial charge in [0, 0.05) is 71.2 Å². The number of para-hydroxylation sites is 6. The summed E-state index contributed by atoms with van der Waals surface area (Å²) in [7, 11) is 0. The Balaban J connectivity index is 1.10. The van der Waals surface area contributed by atoms with Crippen LogP contribution in [0.4, 0.5) is 13.2 Å².